The van der Waals surface area contributed by atoms with Gasteiger partial charge in [0.25, 0.3) is 0 Å². The molecule has 0 bridgehead atoms. The molecule has 0 aliphatic rings. The fourth-order valence-corrected chi connectivity index (χ4v) is 2.10. The van der Waals surface area contributed by atoms with Crippen molar-refractivity contribution < 1.29 is 9.47 Å². The van der Waals surface area contributed by atoms with E-state index in [0.717, 1.165) is 63.8 Å². The van der Waals surface area contributed by atoms with E-state index in [1.807, 2.05) is 19.1 Å². The van der Waals surface area contributed by atoms with E-state index in [1.165, 1.54) is 5.56 Å². The van der Waals surface area contributed by atoms with Crippen LogP contribution in [0, 0.1) is 6.92 Å². The maximum absolute atomic E-state index is 5.71. The fourth-order valence-electron chi connectivity index (χ4n) is 2.10. The highest BCUT2D eigenvalue weighted by atomic mass is 16.5. The van der Waals surface area contributed by atoms with Crippen molar-refractivity contribution in [1.29, 1.82) is 0 Å². The van der Waals surface area contributed by atoms with Crippen molar-refractivity contribution in [1.82, 2.24) is 10.6 Å². The Bertz CT molecular complexity index is 446. The van der Waals surface area contributed by atoms with Crippen molar-refractivity contribution >= 4 is 5.96 Å². The smallest absolute Gasteiger partial charge is 0.191 e. The van der Waals surface area contributed by atoms with Gasteiger partial charge in [0.1, 0.15) is 5.75 Å². The lowest BCUT2D eigenvalue weighted by atomic mass is 10.2. The fraction of sp³-hybridized carbons (Fsp3) is 0.632. The van der Waals surface area contributed by atoms with Crippen LogP contribution in [0.1, 0.15) is 38.7 Å². The monoisotopic (exact) mass is 335 g/mol. The zero-order chi connectivity index (χ0) is 17.5. The molecule has 0 fully saturated rings. The van der Waals surface area contributed by atoms with E-state index in [-0.39, 0.29) is 0 Å². The number of guanidine groups is 1. The first-order chi connectivity index (χ1) is 11.8. The van der Waals surface area contributed by atoms with Gasteiger partial charge in [-0.2, -0.15) is 0 Å². The third-order valence-corrected chi connectivity index (χ3v) is 3.42. The molecule has 0 heterocycles. The predicted molar refractivity (Wildman–Crippen MR) is 101 cm³/mol. The van der Waals surface area contributed by atoms with Crippen LogP contribution in [-0.2, 0) is 4.74 Å². The molecule has 0 radical (unpaired) electrons. The minimum atomic E-state index is 0.681. The lowest BCUT2D eigenvalue weighted by Gasteiger charge is -2.11. The number of hydrogen-bond acceptors (Lipinski definition) is 3. The molecular weight excluding hydrogens is 302 g/mol. The summed E-state index contributed by atoms with van der Waals surface area (Å²) in [6, 6.07) is 8.14. The molecule has 0 amide bonds. The van der Waals surface area contributed by atoms with E-state index in [9.17, 15) is 0 Å². The summed E-state index contributed by atoms with van der Waals surface area (Å²) < 4.78 is 11.1. The van der Waals surface area contributed by atoms with E-state index in [0.29, 0.717) is 6.61 Å². The van der Waals surface area contributed by atoms with Gasteiger partial charge < -0.3 is 20.1 Å². The van der Waals surface area contributed by atoms with Gasteiger partial charge in [0, 0.05) is 39.3 Å². The molecule has 5 heteroatoms. The summed E-state index contributed by atoms with van der Waals surface area (Å²) in [5.74, 6) is 1.80. The van der Waals surface area contributed by atoms with Crippen LogP contribution in [0.4, 0.5) is 0 Å². The van der Waals surface area contributed by atoms with Crippen LogP contribution in [-0.4, -0.2) is 45.4 Å². The van der Waals surface area contributed by atoms with Crippen molar-refractivity contribution in [2.24, 2.45) is 4.99 Å². The number of nitrogens with one attached hydrogen (secondary N) is 2. The summed E-state index contributed by atoms with van der Waals surface area (Å²) in [4.78, 5) is 4.58. The number of unbranched alkanes of at least 4 members (excludes halogenated alkanes) is 1. The molecule has 0 spiro atoms. The first-order valence-electron chi connectivity index (χ1n) is 9.05. The molecule has 1 aromatic carbocycles. The molecule has 2 N–H and O–H groups in total. The van der Waals surface area contributed by atoms with Gasteiger partial charge in [-0.1, -0.05) is 17.7 Å². The van der Waals surface area contributed by atoms with Crippen LogP contribution in [0.5, 0.6) is 5.75 Å². The minimum Gasteiger partial charge on any atom is -0.494 e. The van der Waals surface area contributed by atoms with Gasteiger partial charge in [0.05, 0.1) is 6.61 Å². The van der Waals surface area contributed by atoms with Crippen LogP contribution in [0.15, 0.2) is 29.3 Å². The van der Waals surface area contributed by atoms with Crippen molar-refractivity contribution in [3.63, 3.8) is 0 Å². The predicted octanol–water partition coefficient (Wildman–Crippen LogP) is 3.14. The minimum absolute atomic E-state index is 0.681. The van der Waals surface area contributed by atoms with E-state index in [2.05, 4.69) is 41.6 Å². The van der Waals surface area contributed by atoms with Gasteiger partial charge in [-0.3, -0.25) is 4.99 Å². The molecule has 0 aliphatic carbocycles. The molecule has 136 valence electrons. The molecule has 1 rings (SSSR count). The van der Waals surface area contributed by atoms with Crippen molar-refractivity contribution in [2.75, 3.05) is 39.5 Å². The van der Waals surface area contributed by atoms with Gasteiger partial charge in [-0.15, -0.1) is 0 Å². The molecule has 0 unspecified atom stereocenters. The molecule has 0 aromatic heterocycles. The molecule has 0 saturated heterocycles. The highest BCUT2D eigenvalue weighted by Crippen LogP contribution is 2.11. The van der Waals surface area contributed by atoms with Gasteiger partial charge in [-0.05, 0) is 45.7 Å². The van der Waals surface area contributed by atoms with Gasteiger partial charge in [0.2, 0.25) is 0 Å². The highest BCUT2D eigenvalue weighted by molar-refractivity contribution is 5.79. The maximum atomic E-state index is 5.71. The lowest BCUT2D eigenvalue weighted by molar-refractivity contribution is 0.143. The molecule has 1 aromatic rings. The number of nitrogens with zero attached hydrogens (tertiary/aromatic N) is 1. The van der Waals surface area contributed by atoms with Gasteiger partial charge >= 0.3 is 0 Å². The summed E-state index contributed by atoms with van der Waals surface area (Å²) >= 11 is 0. The molecule has 0 aliphatic heterocycles. The molecule has 0 saturated carbocycles. The number of aliphatic imine (C=N–C) groups is 1. The van der Waals surface area contributed by atoms with Crippen LogP contribution in [0.2, 0.25) is 0 Å². The number of ether oxygens (including phenoxy) is 2. The number of rotatable bonds is 12. The third-order valence-electron chi connectivity index (χ3n) is 3.42. The number of aryl methyl sites for hydroxylation is 1. The number of hydrogen-bond donors (Lipinski definition) is 2. The Morgan fingerprint density at radius 3 is 2.50 bits per heavy atom. The summed E-state index contributed by atoms with van der Waals surface area (Å²) in [7, 11) is 0. The average molecular weight is 335 g/mol. The molecular formula is C19H33N3O2. The van der Waals surface area contributed by atoms with Crippen molar-refractivity contribution in [3.05, 3.63) is 29.8 Å². The van der Waals surface area contributed by atoms with Crippen LogP contribution in [0.25, 0.3) is 0 Å². The average Bonchev–Trinajstić information content (AvgIpc) is 2.59. The summed E-state index contributed by atoms with van der Waals surface area (Å²) in [5.41, 5.74) is 1.24. The van der Waals surface area contributed by atoms with Gasteiger partial charge in [-0.25, -0.2) is 0 Å². The quantitative estimate of drug-likeness (QED) is 0.350. The maximum Gasteiger partial charge on any atom is 0.191 e. The van der Waals surface area contributed by atoms with E-state index < -0.39 is 0 Å². The standard InChI is InChI=1S/C19H33N3O2/c1-4-20-19(21-13-6-7-15-23-5-2)22-14-8-16-24-18-11-9-17(3)10-12-18/h9-12H,4-8,13-16H2,1-3H3,(H2,20,21,22). The highest BCUT2D eigenvalue weighted by Gasteiger charge is 1.97. The Morgan fingerprint density at radius 1 is 1.00 bits per heavy atom. The Morgan fingerprint density at radius 2 is 1.79 bits per heavy atom. The second-order valence-corrected chi connectivity index (χ2v) is 5.61. The van der Waals surface area contributed by atoms with Crippen molar-refractivity contribution in [2.45, 2.75) is 40.0 Å². The SMILES string of the molecule is CCNC(=NCCCOc1ccc(C)cc1)NCCCCOCC. The summed E-state index contributed by atoms with van der Waals surface area (Å²) in [5, 5.41) is 6.62. The molecule has 24 heavy (non-hydrogen) atoms. The Kier molecular flexibility index (Phi) is 11.6. The molecule has 5 nitrogen and oxygen atoms in total. The second-order valence-electron chi connectivity index (χ2n) is 5.61. The Labute approximate surface area is 146 Å². The summed E-state index contributed by atoms with van der Waals surface area (Å²) in [6.07, 6.45) is 3.06. The van der Waals surface area contributed by atoms with Crippen molar-refractivity contribution in [3.8, 4) is 5.75 Å². The van der Waals surface area contributed by atoms with Crippen LogP contribution < -0.4 is 15.4 Å². The van der Waals surface area contributed by atoms with E-state index >= 15 is 0 Å². The van der Waals surface area contributed by atoms with Crippen LogP contribution in [0.3, 0.4) is 0 Å². The zero-order valence-corrected chi connectivity index (χ0v) is 15.4. The molecule has 0 atom stereocenters. The zero-order valence-electron chi connectivity index (χ0n) is 15.4. The Hall–Kier alpha value is -1.75. The topological polar surface area (TPSA) is 54.9 Å². The lowest BCUT2D eigenvalue weighted by Crippen LogP contribution is -2.38. The third kappa shape index (κ3) is 10.1. The van der Waals surface area contributed by atoms with E-state index in [4.69, 9.17) is 9.47 Å². The first kappa shape index (κ1) is 20.3. The van der Waals surface area contributed by atoms with E-state index in [1.54, 1.807) is 0 Å². The normalized spacial score (nSPS) is 11.4. The first-order valence-corrected chi connectivity index (χ1v) is 9.05. The second kappa shape index (κ2) is 13.7. The number of benzene rings is 1. The van der Waals surface area contributed by atoms with Gasteiger partial charge in [0.15, 0.2) is 5.96 Å². The Balaban J connectivity index is 2.16. The largest absolute Gasteiger partial charge is 0.494 e. The summed E-state index contributed by atoms with van der Waals surface area (Å²) in [6.45, 7) is 11.0. The van der Waals surface area contributed by atoms with Crippen LogP contribution >= 0.6 is 0 Å².